The second kappa shape index (κ2) is 5.40. The Hall–Kier alpha value is -1.44. The van der Waals surface area contributed by atoms with E-state index in [0.717, 1.165) is 19.3 Å². The molecular formula is C14H17NO5S. The van der Waals surface area contributed by atoms with Crippen LogP contribution in [0.3, 0.4) is 0 Å². The first-order valence-corrected chi connectivity index (χ1v) is 8.41. The molecule has 2 N–H and O–H groups in total. The standard InChI is InChI=1S/C14H17NO5S/c16-14(17)7-9-1-4-11(5-2-9)21(18,19)15-12-8-10-3-6-13(12)20-10/h1-2,4-5,10,12-13,15H,3,6-8H2,(H,16,17). The van der Waals surface area contributed by atoms with Gasteiger partial charge in [0.2, 0.25) is 10.0 Å². The number of benzene rings is 1. The highest BCUT2D eigenvalue weighted by molar-refractivity contribution is 7.89. The first kappa shape index (κ1) is 14.5. The number of rotatable bonds is 5. The number of carboxylic acids is 1. The molecule has 3 atom stereocenters. The van der Waals surface area contributed by atoms with Gasteiger partial charge in [-0.05, 0) is 37.0 Å². The van der Waals surface area contributed by atoms with Crippen LogP contribution in [0.25, 0.3) is 0 Å². The highest BCUT2D eigenvalue weighted by Crippen LogP contribution is 2.35. The Morgan fingerprint density at radius 1 is 1.29 bits per heavy atom. The molecule has 2 heterocycles. The van der Waals surface area contributed by atoms with E-state index in [4.69, 9.17) is 9.84 Å². The summed E-state index contributed by atoms with van der Waals surface area (Å²) in [5.41, 5.74) is 0.574. The molecule has 0 aromatic heterocycles. The average molecular weight is 311 g/mol. The quantitative estimate of drug-likeness (QED) is 0.843. The molecule has 2 aliphatic heterocycles. The van der Waals surface area contributed by atoms with Gasteiger partial charge in [0.25, 0.3) is 0 Å². The lowest BCUT2D eigenvalue weighted by atomic mass is 9.96. The van der Waals surface area contributed by atoms with Crippen molar-refractivity contribution >= 4 is 16.0 Å². The first-order chi connectivity index (χ1) is 9.94. The Balaban J connectivity index is 1.71. The zero-order valence-corrected chi connectivity index (χ0v) is 12.2. The summed E-state index contributed by atoms with van der Waals surface area (Å²) >= 11 is 0. The van der Waals surface area contributed by atoms with Crippen molar-refractivity contribution in [3.63, 3.8) is 0 Å². The SMILES string of the molecule is O=C(O)Cc1ccc(S(=O)(=O)NC2CC3CCC2O3)cc1. The zero-order chi connectivity index (χ0) is 15.0. The van der Waals surface area contributed by atoms with Crippen molar-refractivity contribution in [2.45, 2.75) is 48.8 Å². The minimum Gasteiger partial charge on any atom is -0.481 e. The van der Waals surface area contributed by atoms with Crippen LogP contribution < -0.4 is 4.72 Å². The molecule has 2 saturated heterocycles. The average Bonchev–Trinajstić information content (AvgIpc) is 3.00. The van der Waals surface area contributed by atoms with Gasteiger partial charge in [-0.1, -0.05) is 12.1 Å². The number of aliphatic carboxylic acids is 1. The molecular weight excluding hydrogens is 294 g/mol. The summed E-state index contributed by atoms with van der Waals surface area (Å²) in [6.07, 6.45) is 2.67. The fraction of sp³-hybridized carbons (Fsp3) is 0.500. The van der Waals surface area contributed by atoms with E-state index < -0.39 is 16.0 Å². The van der Waals surface area contributed by atoms with E-state index in [2.05, 4.69) is 4.72 Å². The third-order valence-corrected chi connectivity index (χ3v) is 5.51. The Labute approximate surface area is 123 Å². The number of carbonyl (C=O) groups is 1. The summed E-state index contributed by atoms with van der Waals surface area (Å²) in [6.45, 7) is 0. The Morgan fingerprint density at radius 2 is 2.00 bits per heavy atom. The van der Waals surface area contributed by atoms with Crippen molar-refractivity contribution in [1.29, 1.82) is 0 Å². The van der Waals surface area contributed by atoms with Crippen LogP contribution in [-0.2, 0) is 26.0 Å². The van der Waals surface area contributed by atoms with Gasteiger partial charge in [0.05, 0.1) is 29.6 Å². The minimum atomic E-state index is -3.59. The minimum absolute atomic E-state index is 0.0175. The Kier molecular flexibility index (Phi) is 3.73. The number of fused-ring (bicyclic) bond motifs is 2. The summed E-state index contributed by atoms with van der Waals surface area (Å²) in [6, 6.07) is 5.77. The number of hydrogen-bond acceptors (Lipinski definition) is 4. The molecule has 6 nitrogen and oxygen atoms in total. The van der Waals surface area contributed by atoms with Gasteiger partial charge in [-0.2, -0.15) is 0 Å². The van der Waals surface area contributed by atoms with Gasteiger partial charge in [-0.3, -0.25) is 4.79 Å². The van der Waals surface area contributed by atoms with Gasteiger partial charge < -0.3 is 9.84 Å². The predicted molar refractivity (Wildman–Crippen MR) is 74.4 cm³/mol. The van der Waals surface area contributed by atoms with E-state index >= 15 is 0 Å². The molecule has 1 aromatic rings. The lowest BCUT2D eigenvalue weighted by Crippen LogP contribution is -2.41. The van der Waals surface area contributed by atoms with Crippen molar-refractivity contribution in [3.05, 3.63) is 29.8 Å². The van der Waals surface area contributed by atoms with E-state index in [9.17, 15) is 13.2 Å². The Bertz CT molecular complexity index is 640. The van der Waals surface area contributed by atoms with E-state index in [1.165, 1.54) is 24.3 Å². The highest BCUT2D eigenvalue weighted by atomic mass is 32.2. The Morgan fingerprint density at radius 3 is 2.52 bits per heavy atom. The summed E-state index contributed by atoms with van der Waals surface area (Å²) in [5, 5.41) is 8.70. The van der Waals surface area contributed by atoms with E-state index in [-0.39, 0.29) is 29.6 Å². The molecule has 2 aliphatic rings. The van der Waals surface area contributed by atoms with Gasteiger partial charge in [0, 0.05) is 0 Å². The van der Waals surface area contributed by atoms with Gasteiger partial charge in [0.1, 0.15) is 0 Å². The predicted octanol–water partition coefficient (Wildman–Crippen LogP) is 0.912. The first-order valence-electron chi connectivity index (χ1n) is 6.92. The van der Waals surface area contributed by atoms with Crippen LogP contribution in [0.2, 0.25) is 0 Å². The van der Waals surface area contributed by atoms with Crippen LogP contribution in [0.5, 0.6) is 0 Å². The lowest BCUT2D eigenvalue weighted by molar-refractivity contribution is -0.136. The molecule has 0 radical (unpaired) electrons. The highest BCUT2D eigenvalue weighted by Gasteiger charge is 2.42. The lowest BCUT2D eigenvalue weighted by Gasteiger charge is -2.20. The molecule has 3 rings (SSSR count). The van der Waals surface area contributed by atoms with Crippen LogP contribution in [-0.4, -0.2) is 37.7 Å². The number of hydrogen-bond donors (Lipinski definition) is 2. The molecule has 7 heteroatoms. The maximum absolute atomic E-state index is 12.3. The van der Waals surface area contributed by atoms with Crippen molar-refractivity contribution in [2.24, 2.45) is 0 Å². The molecule has 0 amide bonds. The molecule has 2 fully saturated rings. The number of carboxylic acid groups (broad SMARTS) is 1. The summed E-state index contributed by atoms with van der Waals surface area (Å²) < 4.78 is 33.0. The number of sulfonamides is 1. The summed E-state index contributed by atoms with van der Waals surface area (Å²) in [4.78, 5) is 10.8. The van der Waals surface area contributed by atoms with Gasteiger partial charge in [0.15, 0.2) is 0 Å². The third kappa shape index (κ3) is 3.09. The number of nitrogens with one attached hydrogen (secondary N) is 1. The monoisotopic (exact) mass is 311 g/mol. The smallest absolute Gasteiger partial charge is 0.307 e. The van der Waals surface area contributed by atoms with Crippen molar-refractivity contribution in [3.8, 4) is 0 Å². The molecule has 3 unspecified atom stereocenters. The van der Waals surface area contributed by atoms with Crippen LogP contribution >= 0.6 is 0 Å². The van der Waals surface area contributed by atoms with Crippen molar-refractivity contribution in [1.82, 2.24) is 4.72 Å². The van der Waals surface area contributed by atoms with Gasteiger partial charge in [-0.15, -0.1) is 0 Å². The largest absolute Gasteiger partial charge is 0.481 e. The van der Waals surface area contributed by atoms with Crippen LogP contribution in [0.1, 0.15) is 24.8 Å². The van der Waals surface area contributed by atoms with Crippen LogP contribution in [0.15, 0.2) is 29.2 Å². The maximum Gasteiger partial charge on any atom is 0.307 e. The van der Waals surface area contributed by atoms with Crippen LogP contribution in [0.4, 0.5) is 0 Å². The van der Waals surface area contributed by atoms with E-state index in [1.54, 1.807) is 0 Å². The molecule has 0 aliphatic carbocycles. The fourth-order valence-corrected chi connectivity index (χ4v) is 4.27. The summed E-state index contributed by atoms with van der Waals surface area (Å²) in [5.74, 6) is -0.942. The normalized spacial score (nSPS) is 27.9. The molecule has 2 bridgehead atoms. The molecule has 0 spiro atoms. The van der Waals surface area contributed by atoms with E-state index in [1.807, 2.05) is 0 Å². The fourth-order valence-electron chi connectivity index (χ4n) is 2.99. The maximum atomic E-state index is 12.3. The second-order valence-corrected chi connectivity index (χ2v) is 7.27. The zero-order valence-electron chi connectivity index (χ0n) is 11.4. The topological polar surface area (TPSA) is 92.7 Å². The van der Waals surface area contributed by atoms with E-state index in [0.29, 0.717) is 5.56 Å². The van der Waals surface area contributed by atoms with Crippen molar-refractivity contribution in [2.75, 3.05) is 0 Å². The number of ether oxygens (including phenoxy) is 1. The van der Waals surface area contributed by atoms with Gasteiger partial charge in [-0.25, -0.2) is 13.1 Å². The van der Waals surface area contributed by atoms with Gasteiger partial charge >= 0.3 is 5.97 Å². The second-order valence-electron chi connectivity index (χ2n) is 5.55. The third-order valence-electron chi connectivity index (χ3n) is 4.00. The molecule has 1 aromatic carbocycles. The van der Waals surface area contributed by atoms with Crippen LogP contribution in [0, 0.1) is 0 Å². The van der Waals surface area contributed by atoms with Crippen molar-refractivity contribution < 1.29 is 23.1 Å². The molecule has 114 valence electrons. The molecule has 21 heavy (non-hydrogen) atoms. The summed E-state index contributed by atoms with van der Waals surface area (Å²) in [7, 11) is -3.59. The molecule has 0 saturated carbocycles.